The number of hydrogen-bond donors (Lipinski definition) is 2. The van der Waals surface area contributed by atoms with E-state index >= 15 is 0 Å². The first-order chi connectivity index (χ1) is 25.0. The first-order valence-electron chi connectivity index (χ1n) is 17.9. The molecule has 0 spiro atoms. The Hall–Kier alpha value is -3.37. The molecule has 2 N–H and O–H groups in total. The van der Waals surface area contributed by atoms with Crippen LogP contribution in [0.1, 0.15) is 88.8 Å². The summed E-state index contributed by atoms with van der Waals surface area (Å²) < 4.78 is 53.7. The normalized spacial score (nSPS) is 17.5. The van der Waals surface area contributed by atoms with Crippen LogP contribution in [0.5, 0.6) is 5.75 Å². The molecule has 282 valence electrons. The first-order valence-corrected chi connectivity index (χ1v) is 18.2. The van der Waals surface area contributed by atoms with Crippen LogP contribution >= 0.6 is 11.6 Å². The molecule has 4 aromatic carbocycles. The zero-order valence-corrected chi connectivity index (χ0v) is 32.1. The van der Waals surface area contributed by atoms with E-state index in [1.165, 1.54) is 12.1 Å². The number of hydrogen-bond acceptors (Lipinski definition) is 6. The zero-order valence-electron chi connectivity index (χ0n) is 31.4. The van der Waals surface area contributed by atoms with Crippen molar-refractivity contribution in [2.45, 2.75) is 98.9 Å². The van der Waals surface area contributed by atoms with E-state index in [0.717, 1.165) is 23.8 Å². The van der Waals surface area contributed by atoms with Gasteiger partial charge >= 0.3 is 0 Å². The van der Waals surface area contributed by atoms with Crippen LogP contribution < -0.4 is 4.74 Å². The van der Waals surface area contributed by atoms with Crippen LogP contribution in [0.3, 0.4) is 0 Å². The highest BCUT2D eigenvalue weighted by atomic mass is 35.5. The van der Waals surface area contributed by atoms with Crippen molar-refractivity contribution in [2.75, 3.05) is 20.3 Å². The van der Waals surface area contributed by atoms with Gasteiger partial charge in [-0.25, -0.2) is 4.39 Å². The number of benzene rings is 4. The number of halogens is 3. The Morgan fingerprint density at radius 2 is 1.31 bits per heavy atom. The van der Waals surface area contributed by atoms with Crippen LogP contribution in [-0.2, 0) is 33.8 Å². The van der Waals surface area contributed by atoms with Gasteiger partial charge in [0.1, 0.15) is 12.2 Å². The topological polar surface area (TPSA) is 77.4 Å². The molecule has 3 unspecified atom stereocenters. The van der Waals surface area contributed by atoms with Gasteiger partial charge in [-0.2, -0.15) is 4.39 Å². The molecule has 1 fully saturated rings. The third kappa shape index (κ3) is 13.9. The second-order valence-electron chi connectivity index (χ2n) is 10.5. The van der Waals surface area contributed by atoms with Gasteiger partial charge in [-0.05, 0) is 46.9 Å². The van der Waals surface area contributed by atoms with Crippen LogP contribution in [0.2, 0.25) is 5.02 Å². The van der Waals surface area contributed by atoms with E-state index < -0.39 is 36.1 Å². The number of rotatable bonds is 12. The molecule has 1 aliphatic heterocycles. The summed E-state index contributed by atoms with van der Waals surface area (Å²) in [4.78, 5) is 0. The lowest BCUT2D eigenvalue weighted by molar-refractivity contribution is -0.217. The summed E-state index contributed by atoms with van der Waals surface area (Å²) in [7, 11) is 1.00. The molecule has 9 heteroatoms. The summed E-state index contributed by atoms with van der Waals surface area (Å²) in [6, 6.07) is 28.0. The quantitative estimate of drug-likeness (QED) is 0.151. The van der Waals surface area contributed by atoms with Crippen LogP contribution in [0, 0.1) is 11.6 Å². The van der Waals surface area contributed by atoms with E-state index in [2.05, 4.69) is 0 Å². The molecule has 0 aromatic heterocycles. The van der Waals surface area contributed by atoms with Crippen molar-refractivity contribution in [3.63, 3.8) is 0 Å². The SMILES string of the molecule is CC.CC.CC.CCOc1ccc(Cc2cc(C3CC(OCc4ccccc4)[C@H](OCc4ccccc4)C(CO)O3)ccc2Cl)c(F)c1F.CO. The van der Waals surface area contributed by atoms with E-state index in [9.17, 15) is 13.9 Å². The lowest BCUT2D eigenvalue weighted by Crippen LogP contribution is -2.50. The van der Waals surface area contributed by atoms with E-state index in [0.29, 0.717) is 30.2 Å². The molecule has 0 radical (unpaired) electrons. The maximum absolute atomic E-state index is 14.9. The molecule has 0 amide bonds. The van der Waals surface area contributed by atoms with Crippen molar-refractivity contribution in [1.29, 1.82) is 0 Å². The highest BCUT2D eigenvalue weighted by Gasteiger charge is 2.41. The summed E-state index contributed by atoms with van der Waals surface area (Å²) in [5.74, 6) is -2.11. The molecule has 0 aliphatic carbocycles. The first kappa shape index (κ1) is 45.7. The lowest BCUT2D eigenvalue weighted by Gasteiger charge is -2.41. The summed E-state index contributed by atoms with van der Waals surface area (Å²) in [5.41, 5.74) is 3.60. The largest absolute Gasteiger partial charge is 0.491 e. The molecule has 51 heavy (non-hydrogen) atoms. The van der Waals surface area contributed by atoms with Crippen LogP contribution in [-0.4, -0.2) is 48.8 Å². The molecule has 0 saturated carbocycles. The molecule has 4 atom stereocenters. The van der Waals surface area contributed by atoms with Crippen LogP contribution in [0.15, 0.2) is 91.0 Å². The standard InChI is InChI=1S/C35H35ClF2O5.3C2H6.CH4O/c1-2-40-29-16-14-26(33(37)34(29)38)18-27-17-25(13-15-28(27)36)30-19-31(41-21-23-9-5-3-6-10-23)35(32(20-39)43-30)42-22-24-11-7-4-8-12-24;4*1-2/h3-17,30-32,35,39H,2,18-22H2,1H3;3*1-2H3;2H,1H3/t30?,31?,32?,35-;;;;/m0..../s1. The summed E-state index contributed by atoms with van der Waals surface area (Å²) in [6.45, 7) is 14.4. The number of aliphatic hydroxyl groups is 2. The summed E-state index contributed by atoms with van der Waals surface area (Å²) in [5, 5.41) is 17.8. The number of ether oxygens (including phenoxy) is 4. The summed E-state index contributed by atoms with van der Waals surface area (Å²) in [6.07, 6.45) is -1.48. The minimum Gasteiger partial charge on any atom is -0.491 e. The lowest BCUT2D eigenvalue weighted by atomic mass is 9.92. The van der Waals surface area contributed by atoms with Gasteiger partial charge in [-0.15, -0.1) is 0 Å². The van der Waals surface area contributed by atoms with Gasteiger partial charge in [0.2, 0.25) is 5.82 Å². The van der Waals surface area contributed by atoms with Gasteiger partial charge in [-0.3, -0.25) is 0 Å². The Morgan fingerprint density at radius 1 is 0.745 bits per heavy atom. The molecular formula is C42H57ClF2O6. The minimum atomic E-state index is -1.02. The van der Waals surface area contributed by atoms with E-state index in [1.807, 2.05) is 114 Å². The van der Waals surface area contributed by atoms with Crippen molar-refractivity contribution in [3.8, 4) is 5.75 Å². The molecule has 1 heterocycles. The maximum Gasteiger partial charge on any atom is 0.200 e. The van der Waals surface area contributed by atoms with Crippen LogP contribution in [0.4, 0.5) is 8.78 Å². The molecule has 1 aliphatic rings. The fourth-order valence-corrected chi connectivity index (χ4v) is 5.51. The highest BCUT2D eigenvalue weighted by molar-refractivity contribution is 6.31. The Balaban J connectivity index is 0.00000152. The number of aliphatic hydroxyl groups excluding tert-OH is 2. The van der Waals surface area contributed by atoms with Gasteiger partial charge in [0, 0.05) is 25.0 Å². The van der Waals surface area contributed by atoms with E-state index in [-0.39, 0.29) is 30.9 Å². The Bertz CT molecular complexity index is 1480. The molecule has 5 rings (SSSR count). The fraction of sp³-hybridized carbons (Fsp3) is 0.429. The average molecular weight is 731 g/mol. The van der Waals surface area contributed by atoms with Gasteiger partial charge < -0.3 is 29.2 Å². The van der Waals surface area contributed by atoms with E-state index in [1.54, 1.807) is 13.0 Å². The minimum absolute atomic E-state index is 0.0781. The zero-order chi connectivity index (χ0) is 38.2. The maximum atomic E-state index is 14.9. The van der Waals surface area contributed by atoms with Gasteiger partial charge in [-0.1, -0.05) is 132 Å². The summed E-state index contributed by atoms with van der Waals surface area (Å²) >= 11 is 6.52. The van der Waals surface area contributed by atoms with Gasteiger partial charge in [0.15, 0.2) is 11.6 Å². The Labute approximate surface area is 309 Å². The molecule has 6 nitrogen and oxygen atoms in total. The monoisotopic (exact) mass is 730 g/mol. The predicted molar refractivity (Wildman–Crippen MR) is 203 cm³/mol. The highest BCUT2D eigenvalue weighted by Crippen LogP contribution is 2.37. The van der Waals surface area contributed by atoms with Crippen molar-refractivity contribution in [3.05, 3.63) is 135 Å². The Morgan fingerprint density at radius 3 is 1.86 bits per heavy atom. The average Bonchev–Trinajstić information content (AvgIpc) is 3.20. The van der Waals surface area contributed by atoms with Crippen molar-refractivity contribution >= 4 is 11.6 Å². The fourth-order valence-electron chi connectivity index (χ4n) is 5.32. The van der Waals surface area contributed by atoms with Gasteiger partial charge in [0.25, 0.3) is 0 Å². The molecule has 1 saturated heterocycles. The smallest absolute Gasteiger partial charge is 0.200 e. The molecular weight excluding hydrogens is 674 g/mol. The van der Waals surface area contributed by atoms with Crippen molar-refractivity contribution in [2.24, 2.45) is 0 Å². The third-order valence-corrected chi connectivity index (χ3v) is 7.91. The van der Waals surface area contributed by atoms with Gasteiger partial charge in [0.05, 0.1) is 38.6 Å². The van der Waals surface area contributed by atoms with Crippen molar-refractivity contribution in [1.82, 2.24) is 0 Å². The molecule has 0 bridgehead atoms. The Kier molecular flexibility index (Phi) is 23.6. The van der Waals surface area contributed by atoms with Crippen molar-refractivity contribution < 1.29 is 37.9 Å². The second-order valence-corrected chi connectivity index (χ2v) is 10.9. The van der Waals surface area contributed by atoms with E-state index in [4.69, 9.17) is 35.7 Å². The second kappa shape index (κ2) is 26.4. The van der Waals surface area contributed by atoms with Crippen LogP contribution in [0.25, 0.3) is 0 Å². The predicted octanol–water partition coefficient (Wildman–Crippen LogP) is 10.3. The third-order valence-electron chi connectivity index (χ3n) is 7.54. The molecule has 4 aromatic rings.